The van der Waals surface area contributed by atoms with E-state index in [-0.39, 0.29) is 31.5 Å². The summed E-state index contributed by atoms with van der Waals surface area (Å²) in [5.74, 6) is 0.921. The number of nitrogens with one attached hydrogen (secondary N) is 1. The maximum atomic E-state index is 13.1. The SMILES string of the molecule is COc1cccc(CN2C(=O)CN(C(=O)c3cc4cc(OC)ccc4[nH]3)C[C@@H]2CO)c1. The highest BCUT2D eigenvalue weighted by Crippen LogP contribution is 2.24. The molecule has 1 fully saturated rings. The molecule has 0 aliphatic carbocycles. The van der Waals surface area contributed by atoms with Crippen molar-refractivity contribution in [3.63, 3.8) is 0 Å². The summed E-state index contributed by atoms with van der Waals surface area (Å²) in [4.78, 5) is 32.2. The quantitative estimate of drug-likeness (QED) is 0.633. The number of rotatable bonds is 6. The summed E-state index contributed by atoms with van der Waals surface area (Å²) >= 11 is 0. The van der Waals surface area contributed by atoms with Gasteiger partial charge in [0.15, 0.2) is 0 Å². The van der Waals surface area contributed by atoms with Gasteiger partial charge in [0.25, 0.3) is 5.91 Å². The minimum Gasteiger partial charge on any atom is -0.497 e. The number of carbonyl (C=O) groups is 2. The number of hydrogen-bond acceptors (Lipinski definition) is 5. The molecule has 0 unspecified atom stereocenters. The number of aliphatic hydroxyl groups excluding tert-OH is 1. The van der Waals surface area contributed by atoms with Crippen LogP contribution >= 0.6 is 0 Å². The molecule has 1 aromatic heterocycles. The Morgan fingerprint density at radius 1 is 1.13 bits per heavy atom. The number of aromatic amines is 1. The van der Waals surface area contributed by atoms with E-state index < -0.39 is 6.04 Å². The van der Waals surface area contributed by atoms with Crippen molar-refractivity contribution in [3.05, 3.63) is 59.8 Å². The van der Waals surface area contributed by atoms with Crippen LogP contribution in [-0.2, 0) is 11.3 Å². The highest BCUT2D eigenvalue weighted by molar-refractivity contribution is 6.00. The van der Waals surface area contributed by atoms with E-state index in [1.54, 1.807) is 25.2 Å². The molecular weight excluding hydrogens is 398 g/mol. The van der Waals surface area contributed by atoms with Crippen LogP contribution in [0.5, 0.6) is 11.5 Å². The Balaban J connectivity index is 1.51. The van der Waals surface area contributed by atoms with E-state index in [2.05, 4.69) is 4.98 Å². The van der Waals surface area contributed by atoms with Gasteiger partial charge in [0, 0.05) is 24.0 Å². The number of H-pyrrole nitrogens is 1. The number of carbonyl (C=O) groups excluding carboxylic acids is 2. The molecule has 31 heavy (non-hydrogen) atoms. The number of benzene rings is 2. The fourth-order valence-corrected chi connectivity index (χ4v) is 3.89. The second-order valence-corrected chi connectivity index (χ2v) is 7.53. The Morgan fingerprint density at radius 3 is 2.65 bits per heavy atom. The summed E-state index contributed by atoms with van der Waals surface area (Å²) in [7, 11) is 3.18. The molecule has 1 atom stereocenters. The van der Waals surface area contributed by atoms with Crippen LogP contribution in [0.15, 0.2) is 48.5 Å². The summed E-state index contributed by atoms with van der Waals surface area (Å²) < 4.78 is 10.5. The molecule has 2 amide bonds. The number of amides is 2. The lowest BCUT2D eigenvalue weighted by Gasteiger charge is -2.40. The number of hydrogen-bond donors (Lipinski definition) is 2. The average Bonchev–Trinajstić information content (AvgIpc) is 3.23. The van der Waals surface area contributed by atoms with E-state index in [0.717, 1.165) is 16.5 Å². The van der Waals surface area contributed by atoms with E-state index in [0.29, 0.717) is 23.7 Å². The molecule has 0 spiro atoms. The van der Waals surface area contributed by atoms with Gasteiger partial charge < -0.3 is 29.4 Å². The van der Waals surface area contributed by atoms with Gasteiger partial charge in [0.2, 0.25) is 5.91 Å². The predicted molar refractivity (Wildman–Crippen MR) is 115 cm³/mol. The minimum absolute atomic E-state index is 0.0437. The van der Waals surface area contributed by atoms with E-state index in [4.69, 9.17) is 9.47 Å². The normalized spacial score (nSPS) is 16.6. The second kappa shape index (κ2) is 8.69. The Labute approximate surface area is 180 Å². The van der Waals surface area contributed by atoms with Crippen LogP contribution in [0.25, 0.3) is 10.9 Å². The molecule has 1 aliphatic rings. The molecule has 0 radical (unpaired) electrons. The van der Waals surface area contributed by atoms with Crippen LogP contribution in [0.1, 0.15) is 16.1 Å². The van der Waals surface area contributed by atoms with Crippen molar-refractivity contribution in [1.29, 1.82) is 0 Å². The fourth-order valence-electron chi connectivity index (χ4n) is 3.89. The molecule has 3 aromatic rings. The molecule has 8 heteroatoms. The first kappa shape index (κ1) is 20.7. The number of piperazine rings is 1. The summed E-state index contributed by atoms with van der Waals surface area (Å²) in [6, 6.07) is 14.2. The molecule has 4 rings (SSSR count). The monoisotopic (exact) mass is 423 g/mol. The van der Waals surface area contributed by atoms with Crippen molar-refractivity contribution in [2.45, 2.75) is 12.6 Å². The zero-order chi connectivity index (χ0) is 22.0. The molecular formula is C23H25N3O5. The van der Waals surface area contributed by atoms with Crippen molar-refractivity contribution in [2.24, 2.45) is 0 Å². The van der Waals surface area contributed by atoms with Crippen molar-refractivity contribution >= 4 is 22.7 Å². The first-order valence-electron chi connectivity index (χ1n) is 10.0. The van der Waals surface area contributed by atoms with Crippen LogP contribution in [0.4, 0.5) is 0 Å². The molecule has 8 nitrogen and oxygen atoms in total. The van der Waals surface area contributed by atoms with Gasteiger partial charge in [-0.1, -0.05) is 12.1 Å². The topological polar surface area (TPSA) is 95.1 Å². The fraction of sp³-hybridized carbons (Fsp3) is 0.304. The summed E-state index contributed by atoms with van der Waals surface area (Å²) in [5.41, 5.74) is 2.11. The number of ether oxygens (including phenoxy) is 2. The third-order valence-corrected chi connectivity index (χ3v) is 5.56. The zero-order valence-electron chi connectivity index (χ0n) is 17.5. The van der Waals surface area contributed by atoms with Gasteiger partial charge in [0.1, 0.15) is 23.7 Å². The van der Waals surface area contributed by atoms with Crippen LogP contribution in [0, 0.1) is 0 Å². The minimum atomic E-state index is -0.485. The Morgan fingerprint density at radius 2 is 1.90 bits per heavy atom. The second-order valence-electron chi connectivity index (χ2n) is 7.53. The lowest BCUT2D eigenvalue weighted by atomic mass is 10.1. The van der Waals surface area contributed by atoms with Crippen LogP contribution in [0.3, 0.4) is 0 Å². The van der Waals surface area contributed by atoms with Gasteiger partial charge in [-0.05, 0) is 42.0 Å². The van der Waals surface area contributed by atoms with Gasteiger partial charge in [-0.25, -0.2) is 0 Å². The van der Waals surface area contributed by atoms with Gasteiger partial charge in [-0.15, -0.1) is 0 Å². The highest BCUT2D eigenvalue weighted by atomic mass is 16.5. The summed E-state index contributed by atoms with van der Waals surface area (Å²) in [5, 5.41) is 10.8. The van der Waals surface area contributed by atoms with Crippen LogP contribution in [-0.4, -0.2) is 71.7 Å². The molecule has 1 aliphatic heterocycles. The van der Waals surface area contributed by atoms with Crippen LogP contribution < -0.4 is 9.47 Å². The van der Waals surface area contributed by atoms with Crippen molar-refractivity contribution in [1.82, 2.24) is 14.8 Å². The molecule has 2 heterocycles. The van der Waals surface area contributed by atoms with Gasteiger partial charge in [-0.2, -0.15) is 0 Å². The zero-order valence-corrected chi connectivity index (χ0v) is 17.5. The number of aliphatic hydroxyl groups is 1. The average molecular weight is 423 g/mol. The number of fused-ring (bicyclic) bond motifs is 1. The van der Waals surface area contributed by atoms with E-state index >= 15 is 0 Å². The van der Waals surface area contributed by atoms with Gasteiger partial charge >= 0.3 is 0 Å². The molecule has 1 saturated heterocycles. The van der Waals surface area contributed by atoms with E-state index in [9.17, 15) is 14.7 Å². The maximum Gasteiger partial charge on any atom is 0.270 e. The Bertz CT molecular complexity index is 1110. The molecule has 0 saturated carbocycles. The van der Waals surface area contributed by atoms with Gasteiger partial charge in [-0.3, -0.25) is 9.59 Å². The summed E-state index contributed by atoms with van der Waals surface area (Å²) in [6.07, 6.45) is 0. The van der Waals surface area contributed by atoms with E-state index in [1.165, 1.54) is 4.90 Å². The maximum absolute atomic E-state index is 13.1. The van der Waals surface area contributed by atoms with Gasteiger partial charge in [0.05, 0.1) is 26.9 Å². The lowest BCUT2D eigenvalue weighted by molar-refractivity contribution is -0.140. The molecule has 162 valence electrons. The lowest BCUT2D eigenvalue weighted by Crippen LogP contribution is -2.58. The van der Waals surface area contributed by atoms with Crippen molar-refractivity contribution < 1.29 is 24.2 Å². The predicted octanol–water partition coefficient (Wildman–Crippen LogP) is 2.03. The third kappa shape index (κ3) is 4.20. The first-order chi connectivity index (χ1) is 15.0. The Kier molecular flexibility index (Phi) is 5.81. The summed E-state index contributed by atoms with van der Waals surface area (Å²) in [6.45, 7) is 0.320. The number of nitrogens with zero attached hydrogens (tertiary/aromatic N) is 2. The number of methoxy groups -OCH3 is 2. The smallest absolute Gasteiger partial charge is 0.270 e. The first-order valence-corrected chi connectivity index (χ1v) is 10.0. The van der Waals surface area contributed by atoms with E-state index in [1.807, 2.05) is 42.5 Å². The molecule has 2 N–H and O–H groups in total. The standard InChI is InChI=1S/C23H25N3O5/c1-30-18-5-3-4-15(8-18)11-26-17(14-27)12-25(13-22(26)28)23(29)21-10-16-9-19(31-2)6-7-20(16)24-21/h3-10,17,24,27H,11-14H2,1-2H3/t17-/m1/s1. The van der Waals surface area contributed by atoms with Crippen molar-refractivity contribution in [2.75, 3.05) is 33.9 Å². The highest BCUT2D eigenvalue weighted by Gasteiger charge is 2.35. The Hall–Kier alpha value is -3.52. The largest absolute Gasteiger partial charge is 0.497 e. The van der Waals surface area contributed by atoms with Crippen molar-refractivity contribution in [3.8, 4) is 11.5 Å². The third-order valence-electron chi connectivity index (χ3n) is 5.56. The molecule has 0 bridgehead atoms. The van der Waals surface area contributed by atoms with Crippen LogP contribution in [0.2, 0.25) is 0 Å². The number of aromatic nitrogens is 1. The molecule has 2 aromatic carbocycles.